The highest BCUT2D eigenvalue weighted by molar-refractivity contribution is 5.85. The van der Waals surface area contributed by atoms with Crippen molar-refractivity contribution in [2.24, 2.45) is 0 Å². The lowest BCUT2D eigenvalue weighted by molar-refractivity contribution is -0.138. The molecule has 1 aromatic rings. The first kappa shape index (κ1) is 12.6. The number of phenols is 1. The Morgan fingerprint density at radius 3 is 2.50 bits per heavy atom. The van der Waals surface area contributed by atoms with Crippen LogP contribution in [0.2, 0.25) is 0 Å². The van der Waals surface area contributed by atoms with Gasteiger partial charge in [0.1, 0.15) is 12.3 Å². The van der Waals surface area contributed by atoms with Gasteiger partial charge < -0.3 is 15.2 Å². The first-order valence-corrected chi connectivity index (χ1v) is 3.82. The molecule has 0 atom stereocenters. The van der Waals surface area contributed by atoms with Gasteiger partial charge in [0.2, 0.25) is 0 Å². The number of hydrogen-bond donors (Lipinski definition) is 2. The average molecular weight is 218 g/mol. The average Bonchev–Trinajstić information content (AvgIpc) is 2.16. The molecule has 0 saturated carbocycles. The van der Waals surface area contributed by atoms with Crippen LogP contribution in [-0.2, 0) is 9.53 Å². The Morgan fingerprint density at radius 2 is 2.00 bits per heavy atom. The van der Waals surface area contributed by atoms with E-state index in [-0.39, 0.29) is 30.7 Å². The number of hydrogen-bond acceptors (Lipinski definition) is 4. The molecule has 0 bridgehead atoms. The van der Waals surface area contributed by atoms with Gasteiger partial charge in [-0.05, 0) is 24.3 Å². The second-order valence-electron chi connectivity index (χ2n) is 2.48. The number of esters is 1. The Hall–Kier alpha value is -1.42. The zero-order valence-corrected chi connectivity index (χ0v) is 8.50. The van der Waals surface area contributed by atoms with Gasteiger partial charge >= 0.3 is 5.97 Å². The SMILES string of the molecule is COC(=O)CNc1ccc(O)cc1.Cl. The van der Waals surface area contributed by atoms with E-state index in [9.17, 15) is 4.79 Å². The Kier molecular flexibility index (Phi) is 5.48. The molecule has 2 N–H and O–H groups in total. The maximum Gasteiger partial charge on any atom is 0.325 e. The number of nitrogens with one attached hydrogen (secondary N) is 1. The minimum atomic E-state index is -0.326. The zero-order valence-electron chi connectivity index (χ0n) is 7.69. The minimum Gasteiger partial charge on any atom is -0.508 e. The molecule has 0 unspecified atom stereocenters. The standard InChI is InChI=1S/C9H11NO3.ClH/c1-13-9(12)6-10-7-2-4-8(11)5-3-7;/h2-5,10-11H,6H2,1H3;1H. The van der Waals surface area contributed by atoms with Crippen LogP contribution in [-0.4, -0.2) is 24.7 Å². The van der Waals surface area contributed by atoms with Crippen molar-refractivity contribution < 1.29 is 14.6 Å². The van der Waals surface area contributed by atoms with Crippen LogP contribution < -0.4 is 5.32 Å². The summed E-state index contributed by atoms with van der Waals surface area (Å²) in [6, 6.07) is 6.44. The van der Waals surface area contributed by atoms with Crippen molar-refractivity contribution in [2.45, 2.75) is 0 Å². The van der Waals surface area contributed by atoms with Crippen LogP contribution in [0.3, 0.4) is 0 Å². The summed E-state index contributed by atoms with van der Waals surface area (Å²) in [5, 5.41) is 11.8. The predicted molar refractivity (Wildman–Crippen MR) is 55.9 cm³/mol. The van der Waals surface area contributed by atoms with Gasteiger partial charge in [-0.2, -0.15) is 0 Å². The number of anilines is 1. The molecular weight excluding hydrogens is 206 g/mol. The molecule has 0 amide bonds. The van der Waals surface area contributed by atoms with Gasteiger partial charge in [0, 0.05) is 5.69 Å². The molecule has 78 valence electrons. The molecule has 0 aliphatic carbocycles. The van der Waals surface area contributed by atoms with Crippen molar-refractivity contribution in [2.75, 3.05) is 19.0 Å². The third-order valence-corrected chi connectivity index (χ3v) is 1.53. The maximum absolute atomic E-state index is 10.7. The molecule has 1 rings (SSSR count). The van der Waals surface area contributed by atoms with Gasteiger partial charge in [0.05, 0.1) is 7.11 Å². The Morgan fingerprint density at radius 1 is 1.43 bits per heavy atom. The molecule has 0 fully saturated rings. The number of phenolic OH excluding ortho intramolecular Hbond substituents is 1. The van der Waals surface area contributed by atoms with E-state index < -0.39 is 0 Å². The molecule has 0 heterocycles. The van der Waals surface area contributed by atoms with Crippen LogP contribution in [0.4, 0.5) is 5.69 Å². The maximum atomic E-state index is 10.7. The molecule has 0 aliphatic heterocycles. The summed E-state index contributed by atoms with van der Waals surface area (Å²) >= 11 is 0. The van der Waals surface area contributed by atoms with E-state index in [0.717, 1.165) is 5.69 Å². The normalized spacial score (nSPS) is 8.64. The van der Waals surface area contributed by atoms with Gasteiger partial charge in [0.15, 0.2) is 0 Å². The van der Waals surface area contributed by atoms with Crippen molar-refractivity contribution in [1.82, 2.24) is 0 Å². The highest BCUT2D eigenvalue weighted by Gasteiger charge is 1.98. The minimum absolute atomic E-state index is 0. The summed E-state index contributed by atoms with van der Waals surface area (Å²) in [5.41, 5.74) is 0.767. The van der Waals surface area contributed by atoms with E-state index in [1.54, 1.807) is 24.3 Å². The molecule has 0 aromatic heterocycles. The highest BCUT2D eigenvalue weighted by atomic mass is 35.5. The first-order valence-electron chi connectivity index (χ1n) is 3.82. The summed E-state index contributed by atoms with van der Waals surface area (Å²) in [6.07, 6.45) is 0. The van der Waals surface area contributed by atoms with E-state index in [4.69, 9.17) is 5.11 Å². The molecule has 0 aliphatic rings. The summed E-state index contributed by atoms with van der Waals surface area (Å²) in [7, 11) is 1.33. The lowest BCUT2D eigenvalue weighted by Gasteiger charge is -2.04. The highest BCUT2D eigenvalue weighted by Crippen LogP contribution is 2.13. The van der Waals surface area contributed by atoms with Crippen molar-refractivity contribution in [1.29, 1.82) is 0 Å². The van der Waals surface area contributed by atoms with Crippen molar-refractivity contribution in [3.63, 3.8) is 0 Å². The fourth-order valence-electron chi connectivity index (χ4n) is 0.826. The predicted octanol–water partition coefficient (Wildman–Crippen LogP) is 1.40. The van der Waals surface area contributed by atoms with Gasteiger partial charge in [-0.1, -0.05) is 0 Å². The smallest absolute Gasteiger partial charge is 0.325 e. The van der Waals surface area contributed by atoms with E-state index in [2.05, 4.69) is 10.1 Å². The quantitative estimate of drug-likeness (QED) is 0.594. The molecule has 0 spiro atoms. The zero-order chi connectivity index (χ0) is 9.68. The number of carbonyl (C=O) groups excluding carboxylic acids is 1. The first-order chi connectivity index (χ1) is 6.22. The molecular formula is C9H12ClNO3. The molecule has 5 heteroatoms. The number of ether oxygens (including phenoxy) is 1. The van der Waals surface area contributed by atoms with Gasteiger partial charge in [-0.15, -0.1) is 12.4 Å². The second kappa shape index (κ2) is 6.10. The number of aromatic hydroxyl groups is 1. The molecule has 4 nitrogen and oxygen atoms in total. The van der Waals surface area contributed by atoms with Crippen LogP contribution >= 0.6 is 12.4 Å². The topological polar surface area (TPSA) is 58.6 Å². The van der Waals surface area contributed by atoms with Crippen LogP contribution in [0.15, 0.2) is 24.3 Å². The number of halogens is 1. The Balaban J connectivity index is 0.00000169. The van der Waals surface area contributed by atoms with Crippen LogP contribution in [0.25, 0.3) is 0 Å². The number of methoxy groups -OCH3 is 1. The number of rotatable bonds is 3. The van der Waals surface area contributed by atoms with Gasteiger partial charge in [-0.25, -0.2) is 0 Å². The number of benzene rings is 1. The van der Waals surface area contributed by atoms with Crippen molar-refractivity contribution in [3.8, 4) is 5.75 Å². The third-order valence-electron chi connectivity index (χ3n) is 1.53. The third kappa shape index (κ3) is 4.00. The lowest BCUT2D eigenvalue weighted by atomic mass is 10.3. The summed E-state index contributed by atoms with van der Waals surface area (Å²) in [5.74, 6) is -0.128. The Labute approximate surface area is 88.3 Å². The van der Waals surface area contributed by atoms with Crippen molar-refractivity contribution >= 4 is 24.1 Å². The number of carbonyl (C=O) groups is 1. The molecule has 0 saturated heterocycles. The summed E-state index contributed by atoms with van der Waals surface area (Å²) in [4.78, 5) is 10.7. The summed E-state index contributed by atoms with van der Waals surface area (Å²) < 4.78 is 4.44. The van der Waals surface area contributed by atoms with Crippen LogP contribution in [0.1, 0.15) is 0 Å². The summed E-state index contributed by atoms with van der Waals surface area (Å²) in [6.45, 7) is 0.126. The second-order valence-corrected chi connectivity index (χ2v) is 2.48. The fraction of sp³-hybridized carbons (Fsp3) is 0.222. The van der Waals surface area contributed by atoms with Crippen LogP contribution in [0, 0.1) is 0 Å². The van der Waals surface area contributed by atoms with E-state index >= 15 is 0 Å². The lowest BCUT2D eigenvalue weighted by Crippen LogP contribution is -2.14. The molecule has 1 aromatic carbocycles. The van der Waals surface area contributed by atoms with Gasteiger partial charge in [-0.3, -0.25) is 4.79 Å². The Bertz CT molecular complexity index is 287. The monoisotopic (exact) mass is 217 g/mol. The largest absolute Gasteiger partial charge is 0.508 e. The van der Waals surface area contributed by atoms with Crippen molar-refractivity contribution in [3.05, 3.63) is 24.3 Å². The molecule has 0 radical (unpaired) electrons. The van der Waals surface area contributed by atoms with E-state index in [1.807, 2.05) is 0 Å². The molecule has 14 heavy (non-hydrogen) atoms. The van der Waals surface area contributed by atoms with Gasteiger partial charge in [0.25, 0.3) is 0 Å². The van der Waals surface area contributed by atoms with E-state index in [1.165, 1.54) is 7.11 Å². The van der Waals surface area contributed by atoms with E-state index in [0.29, 0.717) is 0 Å². The fourth-order valence-corrected chi connectivity index (χ4v) is 0.826. The van der Waals surface area contributed by atoms with Crippen LogP contribution in [0.5, 0.6) is 5.75 Å².